The maximum Gasteiger partial charge on any atom is 0.472 e. The molecule has 3 N–H and O–H groups in total. The summed E-state index contributed by atoms with van der Waals surface area (Å²) in [5.74, 6) is -0.759. The number of phosphoric acid groups is 2. The summed E-state index contributed by atoms with van der Waals surface area (Å²) in [5, 5.41) is 10.5. The molecule has 0 aromatic rings. The zero-order valence-corrected chi connectivity index (χ0v) is 49.6. The Labute approximate surface area is 454 Å². The van der Waals surface area contributed by atoms with Crippen LogP contribution in [0.4, 0.5) is 0 Å². The van der Waals surface area contributed by atoms with Gasteiger partial charge in [-0.1, -0.05) is 215 Å². The number of carbonyl (C=O) groups is 4. The van der Waals surface area contributed by atoms with Gasteiger partial charge in [-0.05, 0) is 37.5 Å². The third-order valence-electron chi connectivity index (χ3n) is 12.7. The first-order chi connectivity index (χ1) is 35.9. The van der Waals surface area contributed by atoms with Gasteiger partial charge >= 0.3 is 39.5 Å². The lowest BCUT2D eigenvalue weighted by Crippen LogP contribution is -2.30. The van der Waals surface area contributed by atoms with Crippen LogP contribution in [0.15, 0.2) is 0 Å². The van der Waals surface area contributed by atoms with Crippen LogP contribution in [0.1, 0.15) is 266 Å². The van der Waals surface area contributed by atoms with Crippen molar-refractivity contribution in [2.75, 3.05) is 39.6 Å². The molecule has 0 saturated carbocycles. The average Bonchev–Trinajstić information content (AvgIpc) is 3.36. The Kier molecular flexibility index (Phi) is 47.9. The lowest BCUT2D eigenvalue weighted by atomic mass is 10.0. The molecular weight excluding hydrogens is 1010 g/mol. The van der Waals surface area contributed by atoms with Gasteiger partial charge in [-0.3, -0.25) is 37.3 Å². The van der Waals surface area contributed by atoms with Gasteiger partial charge in [0.2, 0.25) is 0 Å². The van der Waals surface area contributed by atoms with E-state index in [4.69, 9.17) is 37.0 Å². The number of aliphatic hydroxyl groups excluding tert-OH is 1. The maximum atomic E-state index is 12.9. The second-order valence-corrected chi connectivity index (χ2v) is 24.2. The quantitative estimate of drug-likeness (QED) is 0.0222. The van der Waals surface area contributed by atoms with Gasteiger partial charge in [0.15, 0.2) is 12.2 Å². The van der Waals surface area contributed by atoms with Crippen LogP contribution in [0, 0.1) is 11.8 Å². The van der Waals surface area contributed by atoms with E-state index in [1.54, 1.807) is 0 Å². The number of esters is 4. The van der Waals surface area contributed by atoms with Crippen molar-refractivity contribution in [2.45, 2.75) is 285 Å². The molecule has 2 unspecified atom stereocenters. The van der Waals surface area contributed by atoms with Gasteiger partial charge in [-0.25, -0.2) is 9.13 Å². The third-order valence-corrected chi connectivity index (χ3v) is 14.6. The number of phosphoric ester groups is 2. The van der Waals surface area contributed by atoms with Crippen LogP contribution in [0.25, 0.3) is 0 Å². The molecule has 0 fully saturated rings. The molecule has 0 aliphatic carbocycles. The molecule has 444 valence electrons. The number of carbonyl (C=O) groups excluding carboxylic acids is 4. The second-order valence-electron chi connectivity index (χ2n) is 21.3. The van der Waals surface area contributed by atoms with E-state index in [0.717, 1.165) is 103 Å². The maximum absolute atomic E-state index is 12.9. The fourth-order valence-electron chi connectivity index (χ4n) is 8.12. The minimum absolute atomic E-state index is 0.102. The van der Waals surface area contributed by atoms with Crippen molar-refractivity contribution >= 4 is 39.5 Å². The van der Waals surface area contributed by atoms with Crippen molar-refractivity contribution in [3.8, 4) is 0 Å². The van der Waals surface area contributed by atoms with E-state index in [0.29, 0.717) is 37.5 Å². The first-order valence-electron chi connectivity index (χ1n) is 29.5. The summed E-state index contributed by atoms with van der Waals surface area (Å²) in [5.41, 5.74) is 0. The van der Waals surface area contributed by atoms with Crippen LogP contribution in [0.3, 0.4) is 0 Å². The molecule has 0 bridgehead atoms. The Balaban J connectivity index is 5.19. The van der Waals surface area contributed by atoms with Gasteiger partial charge in [-0.15, -0.1) is 0 Å². The molecule has 0 saturated heterocycles. The Bertz CT molecular complexity index is 1500. The summed E-state index contributed by atoms with van der Waals surface area (Å²) in [6.07, 6.45) is 28.5. The van der Waals surface area contributed by atoms with Gasteiger partial charge in [0.05, 0.1) is 26.4 Å². The molecular formula is C56H108O17P2. The molecule has 0 heterocycles. The predicted octanol–water partition coefficient (Wildman–Crippen LogP) is 14.5. The fourth-order valence-corrected chi connectivity index (χ4v) is 9.70. The summed E-state index contributed by atoms with van der Waals surface area (Å²) < 4.78 is 67.4. The Morgan fingerprint density at radius 2 is 0.613 bits per heavy atom. The summed E-state index contributed by atoms with van der Waals surface area (Å²) in [4.78, 5) is 71.5. The largest absolute Gasteiger partial charge is 0.472 e. The smallest absolute Gasteiger partial charge is 0.462 e. The minimum Gasteiger partial charge on any atom is -0.462 e. The number of unbranched alkanes of at least 4 members (excludes halogenated alkanes) is 25. The number of rotatable bonds is 55. The molecule has 5 atom stereocenters. The van der Waals surface area contributed by atoms with Crippen LogP contribution in [0.2, 0.25) is 0 Å². The van der Waals surface area contributed by atoms with Crippen molar-refractivity contribution in [1.82, 2.24) is 0 Å². The van der Waals surface area contributed by atoms with E-state index in [1.807, 2.05) is 0 Å². The minimum atomic E-state index is -4.93. The number of ether oxygens (including phenoxy) is 4. The van der Waals surface area contributed by atoms with E-state index in [9.17, 15) is 43.2 Å². The molecule has 0 aliphatic rings. The van der Waals surface area contributed by atoms with Crippen molar-refractivity contribution in [2.24, 2.45) is 11.8 Å². The molecule has 0 rings (SSSR count). The molecule has 0 aliphatic heterocycles. The van der Waals surface area contributed by atoms with Crippen molar-refractivity contribution < 1.29 is 80.2 Å². The first-order valence-corrected chi connectivity index (χ1v) is 32.5. The van der Waals surface area contributed by atoms with E-state index in [-0.39, 0.29) is 25.7 Å². The number of hydrogen-bond acceptors (Lipinski definition) is 15. The molecule has 0 radical (unpaired) electrons. The lowest BCUT2D eigenvalue weighted by Gasteiger charge is -2.21. The van der Waals surface area contributed by atoms with Crippen molar-refractivity contribution in [3.05, 3.63) is 0 Å². The molecule has 75 heavy (non-hydrogen) atoms. The molecule has 19 heteroatoms. The standard InChI is InChI=1S/C56H108O17P2/c1-7-9-11-13-14-15-16-21-28-34-40-55(60)72-51(44-66-53(58)38-32-24-12-10-8-2)46-70-74(62,63)68-42-50(57)43-69-75(64,65)71-47-52(73-56(61)41-35-29-23-18-20-26-31-37-49(5)6)45-67-54(59)39-33-27-22-17-19-25-30-36-48(3)4/h48-52,57H,7-47H2,1-6H3,(H,62,63)(H,64,65)/t50-,51+,52+/m0/s1. The monoisotopic (exact) mass is 1110 g/mol. The molecule has 0 amide bonds. The highest BCUT2D eigenvalue weighted by Gasteiger charge is 2.30. The second kappa shape index (κ2) is 49.1. The van der Waals surface area contributed by atoms with Crippen LogP contribution >= 0.6 is 15.6 Å². The predicted molar refractivity (Wildman–Crippen MR) is 294 cm³/mol. The third kappa shape index (κ3) is 51.3. The Morgan fingerprint density at radius 3 is 0.907 bits per heavy atom. The van der Waals surface area contributed by atoms with E-state index >= 15 is 0 Å². The number of aliphatic hydroxyl groups is 1. The molecule has 0 aromatic heterocycles. The molecule has 0 spiro atoms. The zero-order valence-electron chi connectivity index (χ0n) is 47.8. The van der Waals surface area contributed by atoms with Gasteiger partial charge in [0.1, 0.15) is 19.3 Å². The first kappa shape index (κ1) is 73.1. The van der Waals surface area contributed by atoms with Gasteiger partial charge in [0, 0.05) is 25.7 Å². The van der Waals surface area contributed by atoms with Gasteiger partial charge in [-0.2, -0.15) is 0 Å². The highest BCUT2D eigenvalue weighted by Crippen LogP contribution is 2.45. The van der Waals surface area contributed by atoms with E-state index in [1.165, 1.54) is 70.6 Å². The highest BCUT2D eigenvalue weighted by atomic mass is 31.2. The summed E-state index contributed by atoms with van der Waals surface area (Å²) in [6.45, 7) is 9.21. The topological polar surface area (TPSA) is 237 Å². The van der Waals surface area contributed by atoms with Crippen LogP contribution in [-0.2, 0) is 65.4 Å². The normalized spacial score (nSPS) is 14.5. The Morgan fingerprint density at radius 1 is 0.360 bits per heavy atom. The van der Waals surface area contributed by atoms with Crippen molar-refractivity contribution in [1.29, 1.82) is 0 Å². The Hall–Kier alpha value is -1.94. The molecule has 0 aromatic carbocycles. The van der Waals surface area contributed by atoms with Gasteiger partial charge in [0.25, 0.3) is 0 Å². The van der Waals surface area contributed by atoms with E-state index in [2.05, 4.69) is 41.5 Å². The molecule has 17 nitrogen and oxygen atoms in total. The van der Waals surface area contributed by atoms with Gasteiger partial charge < -0.3 is 33.8 Å². The highest BCUT2D eigenvalue weighted by molar-refractivity contribution is 7.47. The van der Waals surface area contributed by atoms with Crippen LogP contribution < -0.4 is 0 Å². The van der Waals surface area contributed by atoms with Crippen LogP contribution in [-0.4, -0.2) is 96.7 Å². The zero-order chi connectivity index (χ0) is 55.8. The number of hydrogen-bond donors (Lipinski definition) is 3. The van der Waals surface area contributed by atoms with E-state index < -0.39 is 97.5 Å². The summed E-state index contributed by atoms with van der Waals surface area (Å²) in [7, 11) is -9.86. The fraction of sp³-hybridized carbons (Fsp3) is 0.929. The summed E-state index contributed by atoms with van der Waals surface area (Å²) >= 11 is 0. The van der Waals surface area contributed by atoms with Crippen molar-refractivity contribution in [3.63, 3.8) is 0 Å². The average molecular weight is 1120 g/mol. The summed E-state index contributed by atoms with van der Waals surface area (Å²) in [6, 6.07) is 0. The van der Waals surface area contributed by atoms with Crippen LogP contribution in [0.5, 0.6) is 0 Å². The SMILES string of the molecule is CCCCCCCCCCCCC(=O)O[C@H](COC(=O)CCCCCCC)COP(=O)(O)OC[C@H](O)COP(=O)(O)OC[C@@H](COC(=O)CCCCCCCCCC(C)C)OC(=O)CCCCCCCCCC(C)C. The lowest BCUT2D eigenvalue weighted by molar-refractivity contribution is -0.161.